The van der Waals surface area contributed by atoms with Gasteiger partial charge in [-0.15, -0.1) is 0 Å². The lowest BCUT2D eigenvalue weighted by Gasteiger charge is -2.14. The molecular weight excluding hydrogens is 257 g/mol. The molecule has 1 aliphatic rings. The zero-order chi connectivity index (χ0) is 12.0. The number of nitriles is 1. The molecule has 5 heteroatoms. The molecule has 0 aliphatic carbocycles. The van der Waals surface area contributed by atoms with Gasteiger partial charge in [0.1, 0.15) is 5.92 Å². The van der Waals surface area contributed by atoms with Crippen molar-refractivity contribution in [3.63, 3.8) is 0 Å². The number of rotatable bonds is 0. The smallest absolute Gasteiger partial charge is 0.150 e. The van der Waals surface area contributed by atoms with Crippen molar-refractivity contribution < 1.29 is 0 Å². The zero-order valence-corrected chi connectivity index (χ0v) is 10.1. The topological polar surface area (TPSA) is 51.9 Å². The van der Waals surface area contributed by atoms with E-state index in [1.807, 2.05) is 12.1 Å². The van der Waals surface area contributed by atoms with E-state index in [1.54, 1.807) is 12.3 Å². The van der Waals surface area contributed by atoms with Crippen LogP contribution in [0.4, 0.5) is 0 Å². The Morgan fingerprint density at radius 3 is 3.00 bits per heavy atom. The number of nitrogens with one attached hydrogen (secondary N) is 1. The quantitative estimate of drug-likeness (QED) is 0.571. The third-order valence-electron chi connectivity index (χ3n) is 2.89. The maximum absolute atomic E-state index is 9.07. The molecule has 2 aromatic rings. The molecule has 0 radical (unpaired) electrons. The van der Waals surface area contributed by atoms with E-state index in [9.17, 15) is 0 Å². The van der Waals surface area contributed by atoms with Gasteiger partial charge < -0.3 is 4.98 Å². The number of hydrogen-bond donors (Lipinski definition) is 1. The molecule has 84 valence electrons. The fourth-order valence-electron chi connectivity index (χ4n) is 2.12. The molecule has 0 amide bonds. The molecule has 0 spiro atoms. The van der Waals surface area contributed by atoms with Crippen LogP contribution in [0, 0.1) is 11.3 Å². The molecule has 17 heavy (non-hydrogen) atoms. The molecule has 0 saturated carbocycles. The predicted octanol–water partition coefficient (Wildman–Crippen LogP) is 3.75. The van der Waals surface area contributed by atoms with Crippen LogP contribution in [-0.4, -0.2) is 11.2 Å². The first-order valence-electron chi connectivity index (χ1n) is 5.08. The fraction of sp³-hybridized carbons (Fsp3) is 0.167. The van der Waals surface area contributed by atoms with Crippen molar-refractivity contribution in [2.75, 3.05) is 0 Å². The summed E-state index contributed by atoms with van der Waals surface area (Å²) in [5, 5.41) is 10.7. The predicted molar refractivity (Wildman–Crippen MR) is 68.7 cm³/mol. The summed E-state index contributed by atoms with van der Waals surface area (Å²) in [5.41, 5.74) is 2.15. The second-order valence-electron chi connectivity index (χ2n) is 3.88. The number of H-pyrrole nitrogens is 1. The molecule has 2 atom stereocenters. The summed E-state index contributed by atoms with van der Waals surface area (Å²) in [7, 11) is 0. The Morgan fingerprint density at radius 1 is 1.41 bits per heavy atom. The summed E-state index contributed by atoms with van der Waals surface area (Å²) in [6, 6.07) is 7.72. The van der Waals surface area contributed by atoms with Crippen molar-refractivity contribution >= 4 is 40.3 Å². The van der Waals surface area contributed by atoms with Crippen LogP contribution < -0.4 is 0 Å². The molecule has 1 aliphatic heterocycles. The van der Waals surface area contributed by atoms with E-state index in [1.165, 1.54) is 0 Å². The van der Waals surface area contributed by atoms with E-state index in [-0.39, 0.29) is 5.92 Å². The highest BCUT2D eigenvalue weighted by molar-refractivity contribution is 6.31. The molecule has 1 N–H and O–H groups in total. The molecule has 3 nitrogen and oxygen atoms in total. The van der Waals surface area contributed by atoms with Crippen molar-refractivity contribution in [1.29, 1.82) is 5.26 Å². The summed E-state index contributed by atoms with van der Waals surface area (Å²) >= 11 is 12.1. The summed E-state index contributed by atoms with van der Waals surface area (Å²) < 4.78 is 0. The Balaban J connectivity index is 2.34. The van der Waals surface area contributed by atoms with Gasteiger partial charge in [0.15, 0.2) is 5.50 Å². The van der Waals surface area contributed by atoms with E-state index in [4.69, 9.17) is 28.5 Å². The van der Waals surface area contributed by atoms with Gasteiger partial charge in [-0.3, -0.25) is 4.99 Å². The number of aliphatic imine (C=N–C) groups is 1. The normalized spacial score (nSPS) is 22.4. The number of aromatic nitrogens is 1. The summed E-state index contributed by atoms with van der Waals surface area (Å²) in [6.07, 6.45) is 1.58. The van der Waals surface area contributed by atoms with Gasteiger partial charge in [0.2, 0.25) is 0 Å². The molecule has 0 saturated heterocycles. The average molecular weight is 264 g/mol. The standard InChI is InChI=1S/C12H7Cl2N3/c13-7-1-2-8-9(3-7)17-11-6(4-15)5-16-12(14)10(8)11/h1-3,5-6,12,17H. The lowest BCUT2D eigenvalue weighted by Crippen LogP contribution is -2.08. The molecule has 0 bridgehead atoms. The van der Waals surface area contributed by atoms with E-state index >= 15 is 0 Å². The third kappa shape index (κ3) is 1.53. The van der Waals surface area contributed by atoms with Crippen molar-refractivity contribution in [2.45, 2.75) is 11.4 Å². The Morgan fingerprint density at radius 2 is 2.24 bits per heavy atom. The SMILES string of the molecule is N#CC1C=NC(Cl)c2c1[nH]c1cc(Cl)ccc21. The first-order chi connectivity index (χ1) is 8.20. The second-order valence-corrected chi connectivity index (χ2v) is 4.73. The molecule has 1 aromatic heterocycles. The highest BCUT2D eigenvalue weighted by Gasteiger charge is 2.26. The monoisotopic (exact) mass is 263 g/mol. The first kappa shape index (κ1) is 10.6. The maximum Gasteiger partial charge on any atom is 0.150 e. The van der Waals surface area contributed by atoms with Crippen molar-refractivity contribution in [2.24, 2.45) is 4.99 Å². The minimum Gasteiger partial charge on any atom is -0.357 e. The Labute approximate surface area is 108 Å². The molecule has 2 unspecified atom stereocenters. The molecular formula is C12H7Cl2N3. The van der Waals surface area contributed by atoms with E-state index in [0.29, 0.717) is 5.02 Å². The van der Waals surface area contributed by atoms with Crippen molar-refractivity contribution in [1.82, 2.24) is 4.98 Å². The number of nitrogens with zero attached hydrogens (tertiary/aromatic N) is 2. The van der Waals surface area contributed by atoms with Gasteiger partial charge >= 0.3 is 0 Å². The Kier molecular flexibility index (Phi) is 2.36. The van der Waals surface area contributed by atoms with Crippen LogP contribution in [0.2, 0.25) is 5.02 Å². The summed E-state index contributed by atoms with van der Waals surface area (Å²) in [5.74, 6) is -0.369. The molecule has 3 rings (SSSR count). The van der Waals surface area contributed by atoms with Crippen LogP contribution in [-0.2, 0) is 0 Å². The first-order valence-corrected chi connectivity index (χ1v) is 5.90. The van der Waals surface area contributed by atoms with Gasteiger partial charge in [0, 0.05) is 33.4 Å². The van der Waals surface area contributed by atoms with Crippen molar-refractivity contribution in [3.8, 4) is 6.07 Å². The second kappa shape index (κ2) is 3.76. The lowest BCUT2D eigenvalue weighted by molar-refractivity contribution is 0.924. The summed E-state index contributed by atoms with van der Waals surface area (Å²) in [4.78, 5) is 7.34. The minimum absolute atomic E-state index is 0.369. The molecule has 1 aromatic carbocycles. The Bertz CT molecular complexity index is 666. The number of benzene rings is 1. The van der Waals surface area contributed by atoms with Crippen LogP contribution in [0.1, 0.15) is 22.7 Å². The highest BCUT2D eigenvalue weighted by atomic mass is 35.5. The van der Waals surface area contributed by atoms with E-state index in [0.717, 1.165) is 22.2 Å². The number of aromatic amines is 1. The summed E-state index contributed by atoms with van der Waals surface area (Å²) in [6.45, 7) is 0. The lowest BCUT2D eigenvalue weighted by atomic mass is 10.00. The van der Waals surface area contributed by atoms with E-state index < -0.39 is 5.50 Å². The third-order valence-corrected chi connectivity index (χ3v) is 3.45. The highest BCUT2D eigenvalue weighted by Crippen LogP contribution is 2.39. The van der Waals surface area contributed by atoms with Gasteiger partial charge in [0.25, 0.3) is 0 Å². The van der Waals surface area contributed by atoms with Crippen LogP contribution in [0.15, 0.2) is 23.2 Å². The maximum atomic E-state index is 9.07. The van der Waals surface area contributed by atoms with Crippen LogP contribution in [0.25, 0.3) is 10.9 Å². The van der Waals surface area contributed by atoms with Gasteiger partial charge in [-0.2, -0.15) is 5.26 Å². The average Bonchev–Trinajstić information content (AvgIpc) is 2.68. The van der Waals surface area contributed by atoms with Crippen molar-refractivity contribution in [3.05, 3.63) is 34.5 Å². The molecule has 0 fully saturated rings. The van der Waals surface area contributed by atoms with Crippen LogP contribution in [0.3, 0.4) is 0 Å². The van der Waals surface area contributed by atoms with Crippen LogP contribution in [0.5, 0.6) is 0 Å². The number of halogens is 2. The van der Waals surface area contributed by atoms with Gasteiger partial charge in [-0.25, -0.2) is 0 Å². The van der Waals surface area contributed by atoms with Crippen LogP contribution >= 0.6 is 23.2 Å². The number of hydrogen-bond acceptors (Lipinski definition) is 2. The van der Waals surface area contributed by atoms with Gasteiger partial charge in [-0.1, -0.05) is 29.3 Å². The van der Waals surface area contributed by atoms with E-state index in [2.05, 4.69) is 16.0 Å². The minimum atomic E-state index is -0.440. The number of alkyl halides is 1. The largest absolute Gasteiger partial charge is 0.357 e. The van der Waals surface area contributed by atoms with Gasteiger partial charge in [-0.05, 0) is 12.1 Å². The Hall–Kier alpha value is -1.50. The molecule has 2 heterocycles. The number of fused-ring (bicyclic) bond motifs is 3. The van der Waals surface area contributed by atoms with Gasteiger partial charge in [0.05, 0.1) is 6.07 Å². The zero-order valence-electron chi connectivity index (χ0n) is 8.61. The fourth-order valence-corrected chi connectivity index (χ4v) is 2.60.